The van der Waals surface area contributed by atoms with Crippen molar-refractivity contribution in [3.8, 4) is 0 Å². The average Bonchev–Trinajstić information content (AvgIpc) is 3.17. The topological polar surface area (TPSA) is 85.2 Å². The fourth-order valence-electron chi connectivity index (χ4n) is 3.13. The molecule has 2 heterocycles. The molecule has 1 aliphatic rings. The lowest BCUT2D eigenvalue weighted by atomic mass is 10.2. The molecule has 0 spiro atoms. The maximum absolute atomic E-state index is 13.0. The number of para-hydroxylation sites is 1. The van der Waals surface area contributed by atoms with Crippen LogP contribution in [0, 0.1) is 6.92 Å². The molecule has 0 aliphatic carbocycles. The van der Waals surface area contributed by atoms with Crippen molar-refractivity contribution < 1.29 is 13.2 Å². The molecular weight excluding hydrogens is 384 g/mol. The van der Waals surface area contributed by atoms with Crippen molar-refractivity contribution >= 4 is 33.2 Å². The van der Waals surface area contributed by atoms with E-state index in [-0.39, 0.29) is 29.2 Å². The second-order valence-corrected chi connectivity index (χ2v) is 9.55. The van der Waals surface area contributed by atoms with Crippen LogP contribution in [0.25, 0.3) is 0 Å². The monoisotopic (exact) mass is 406 g/mol. The molecule has 1 aliphatic heterocycles. The van der Waals surface area contributed by atoms with Crippen molar-refractivity contribution in [2.24, 2.45) is 0 Å². The van der Waals surface area contributed by atoms with E-state index in [0.717, 1.165) is 5.82 Å². The Morgan fingerprint density at radius 3 is 2.74 bits per heavy atom. The predicted octanol–water partition coefficient (Wildman–Crippen LogP) is 2.08. The first kappa shape index (κ1) is 19.6. The van der Waals surface area contributed by atoms with Crippen molar-refractivity contribution in [2.45, 2.75) is 31.1 Å². The van der Waals surface area contributed by atoms with E-state index in [1.807, 2.05) is 41.8 Å². The molecule has 27 heavy (non-hydrogen) atoms. The molecule has 3 rings (SSSR count). The van der Waals surface area contributed by atoms with Gasteiger partial charge in [0.2, 0.25) is 5.91 Å². The van der Waals surface area contributed by atoms with E-state index in [4.69, 9.17) is 0 Å². The molecule has 0 N–H and O–H groups in total. The summed E-state index contributed by atoms with van der Waals surface area (Å²) in [6.45, 7) is 6.15. The quantitative estimate of drug-likeness (QED) is 0.517. The zero-order valence-electron chi connectivity index (χ0n) is 15.1. The number of thioether (sulfide) groups is 1. The number of allylic oxidation sites excluding steroid dienone is 1. The molecule has 0 unspecified atom stereocenters. The fourth-order valence-corrected chi connectivity index (χ4v) is 5.68. The van der Waals surface area contributed by atoms with Crippen LogP contribution in [-0.4, -0.2) is 52.4 Å². The maximum atomic E-state index is 13.0. The molecule has 0 saturated carbocycles. The molecule has 144 valence electrons. The number of benzene rings is 1. The van der Waals surface area contributed by atoms with Gasteiger partial charge < -0.3 is 9.47 Å². The standard InChI is InChI=1S/C18H22N4O3S2/c1-3-10-21-14(2)19-20-18(21)26-12-17(23)22(15-7-5-4-6-8-15)16-9-11-27(24,25)13-16/h3-8,16H,1,9-13H2,2H3/t16-/m1/s1. The van der Waals surface area contributed by atoms with E-state index in [1.165, 1.54) is 11.8 Å². The van der Waals surface area contributed by atoms with Gasteiger partial charge in [-0.25, -0.2) is 8.42 Å². The third-order valence-electron chi connectivity index (χ3n) is 4.41. The third kappa shape index (κ3) is 4.59. The lowest BCUT2D eigenvalue weighted by Crippen LogP contribution is -2.42. The third-order valence-corrected chi connectivity index (χ3v) is 7.12. The number of sulfone groups is 1. The van der Waals surface area contributed by atoms with Gasteiger partial charge in [0.25, 0.3) is 0 Å². The van der Waals surface area contributed by atoms with E-state index in [1.54, 1.807) is 11.0 Å². The van der Waals surface area contributed by atoms with Gasteiger partial charge in [0.05, 0.1) is 23.3 Å². The van der Waals surface area contributed by atoms with Crippen molar-refractivity contribution in [2.75, 3.05) is 22.2 Å². The summed E-state index contributed by atoms with van der Waals surface area (Å²) in [5, 5.41) is 8.82. The summed E-state index contributed by atoms with van der Waals surface area (Å²) < 4.78 is 25.7. The maximum Gasteiger partial charge on any atom is 0.237 e. The normalized spacial score (nSPS) is 18.3. The number of hydrogen-bond donors (Lipinski definition) is 0. The van der Waals surface area contributed by atoms with Crippen LogP contribution in [-0.2, 0) is 21.2 Å². The van der Waals surface area contributed by atoms with Crippen molar-refractivity contribution in [1.29, 1.82) is 0 Å². The molecule has 1 aromatic heterocycles. The SMILES string of the molecule is C=CCn1c(C)nnc1SCC(=O)N(c1ccccc1)[C@@H]1CCS(=O)(=O)C1. The Bertz CT molecular complexity index is 925. The zero-order valence-corrected chi connectivity index (χ0v) is 16.7. The van der Waals surface area contributed by atoms with Crippen LogP contribution in [0.5, 0.6) is 0 Å². The van der Waals surface area contributed by atoms with Gasteiger partial charge in [0.1, 0.15) is 5.82 Å². The van der Waals surface area contributed by atoms with E-state index < -0.39 is 9.84 Å². The minimum Gasteiger partial charge on any atom is -0.308 e. The lowest BCUT2D eigenvalue weighted by molar-refractivity contribution is -0.116. The van der Waals surface area contributed by atoms with Crippen LogP contribution >= 0.6 is 11.8 Å². The van der Waals surface area contributed by atoms with Gasteiger partial charge in [-0.2, -0.15) is 0 Å². The van der Waals surface area contributed by atoms with Crippen LogP contribution in [0.1, 0.15) is 12.2 Å². The fraction of sp³-hybridized carbons (Fsp3) is 0.389. The molecule has 2 aromatic rings. The van der Waals surface area contributed by atoms with Crippen LogP contribution in [0.15, 0.2) is 48.1 Å². The molecule has 1 fully saturated rings. The Morgan fingerprint density at radius 1 is 1.37 bits per heavy atom. The van der Waals surface area contributed by atoms with Crippen molar-refractivity contribution in [1.82, 2.24) is 14.8 Å². The van der Waals surface area contributed by atoms with E-state index in [9.17, 15) is 13.2 Å². The van der Waals surface area contributed by atoms with E-state index in [2.05, 4.69) is 16.8 Å². The van der Waals surface area contributed by atoms with E-state index in [0.29, 0.717) is 23.8 Å². The van der Waals surface area contributed by atoms with Gasteiger partial charge in [0.15, 0.2) is 15.0 Å². The minimum absolute atomic E-state index is 0.00402. The first-order valence-corrected chi connectivity index (χ1v) is 11.4. The van der Waals surface area contributed by atoms with Crippen LogP contribution < -0.4 is 4.90 Å². The second-order valence-electron chi connectivity index (χ2n) is 6.37. The first-order chi connectivity index (χ1) is 12.9. The van der Waals surface area contributed by atoms with Crippen LogP contribution in [0.2, 0.25) is 0 Å². The number of rotatable bonds is 7. The van der Waals surface area contributed by atoms with Gasteiger partial charge in [-0.1, -0.05) is 36.0 Å². The zero-order chi connectivity index (χ0) is 19.4. The lowest BCUT2D eigenvalue weighted by Gasteiger charge is -2.28. The highest BCUT2D eigenvalue weighted by Crippen LogP contribution is 2.26. The summed E-state index contributed by atoms with van der Waals surface area (Å²) in [5.74, 6) is 0.893. The molecule has 1 atom stereocenters. The van der Waals surface area contributed by atoms with Crippen LogP contribution in [0.3, 0.4) is 0 Å². The summed E-state index contributed by atoms with van der Waals surface area (Å²) in [5.41, 5.74) is 0.717. The first-order valence-electron chi connectivity index (χ1n) is 8.62. The summed E-state index contributed by atoms with van der Waals surface area (Å²) in [7, 11) is -3.10. The second kappa shape index (κ2) is 8.26. The Labute approximate surface area is 163 Å². The number of hydrogen-bond acceptors (Lipinski definition) is 6. The molecule has 0 bridgehead atoms. The number of nitrogens with zero attached hydrogens (tertiary/aromatic N) is 4. The number of anilines is 1. The molecule has 1 aromatic carbocycles. The van der Waals surface area contributed by atoms with E-state index >= 15 is 0 Å². The van der Waals surface area contributed by atoms with Crippen molar-refractivity contribution in [3.05, 3.63) is 48.8 Å². The number of aromatic nitrogens is 3. The molecule has 1 amide bonds. The van der Waals surface area contributed by atoms with Gasteiger partial charge in [-0.3, -0.25) is 4.79 Å². The van der Waals surface area contributed by atoms with Gasteiger partial charge >= 0.3 is 0 Å². The van der Waals surface area contributed by atoms with Crippen LogP contribution in [0.4, 0.5) is 5.69 Å². The van der Waals surface area contributed by atoms with Gasteiger partial charge in [0, 0.05) is 12.2 Å². The Hall–Kier alpha value is -2.13. The minimum atomic E-state index is -3.10. The predicted molar refractivity (Wildman–Crippen MR) is 107 cm³/mol. The highest BCUT2D eigenvalue weighted by atomic mass is 32.2. The summed E-state index contributed by atoms with van der Waals surface area (Å²) >= 11 is 1.30. The molecule has 9 heteroatoms. The van der Waals surface area contributed by atoms with Crippen molar-refractivity contribution in [3.63, 3.8) is 0 Å². The smallest absolute Gasteiger partial charge is 0.237 e. The summed E-state index contributed by atoms with van der Waals surface area (Å²) in [6.07, 6.45) is 2.21. The molecule has 1 saturated heterocycles. The highest BCUT2D eigenvalue weighted by Gasteiger charge is 2.35. The number of carbonyl (C=O) groups is 1. The molecular formula is C18H22N4O3S2. The Balaban J connectivity index is 1.79. The largest absolute Gasteiger partial charge is 0.308 e. The van der Waals surface area contributed by atoms with Gasteiger partial charge in [-0.15, -0.1) is 16.8 Å². The highest BCUT2D eigenvalue weighted by molar-refractivity contribution is 7.99. The summed E-state index contributed by atoms with van der Waals surface area (Å²) in [6, 6.07) is 8.88. The number of amides is 1. The van der Waals surface area contributed by atoms with Gasteiger partial charge in [-0.05, 0) is 25.5 Å². The number of carbonyl (C=O) groups excluding carboxylic acids is 1. The Kier molecular flexibility index (Phi) is 6.01. The average molecular weight is 407 g/mol. The number of aryl methyl sites for hydroxylation is 1. The summed E-state index contributed by atoms with van der Waals surface area (Å²) in [4.78, 5) is 14.6. The Morgan fingerprint density at radius 2 is 2.11 bits per heavy atom. The molecule has 0 radical (unpaired) electrons. The molecule has 7 nitrogen and oxygen atoms in total.